The molecule has 1 N–H and O–H groups in total. The fourth-order valence-corrected chi connectivity index (χ4v) is 4.07. The van der Waals surface area contributed by atoms with E-state index < -0.39 is 0 Å². The Hall–Kier alpha value is -2.16. The first-order valence-corrected chi connectivity index (χ1v) is 10.5. The zero-order chi connectivity index (χ0) is 19.4. The second-order valence-electron chi connectivity index (χ2n) is 6.19. The summed E-state index contributed by atoms with van der Waals surface area (Å²) in [7, 11) is 3.98. The number of nitrogens with zero attached hydrogens (tertiary/aromatic N) is 3. The third-order valence-corrected chi connectivity index (χ3v) is 5.59. The second kappa shape index (κ2) is 8.69. The molecule has 2 heterocycles. The smallest absolute Gasteiger partial charge is 0.270 e. The van der Waals surface area contributed by atoms with E-state index in [1.165, 1.54) is 29.5 Å². The van der Waals surface area contributed by atoms with Crippen LogP contribution in [0.1, 0.15) is 22.1 Å². The molecule has 2 aromatic heterocycles. The third kappa shape index (κ3) is 4.40. The minimum Gasteiger partial charge on any atom is -0.349 e. The molecule has 0 bridgehead atoms. The highest BCUT2D eigenvalue weighted by atomic mass is 32.2. The summed E-state index contributed by atoms with van der Waals surface area (Å²) in [5.41, 5.74) is 2.29. The molecule has 1 atom stereocenters. The Morgan fingerprint density at radius 1 is 1.33 bits per heavy atom. The standard InChI is InChI=1S/C19H21FN4OS2/c1-23(2)16(13-8-9-27-12-13)10-21-18(25)17-11-22-19(26-3)24(17)15-6-4-14(20)5-7-15/h4-9,11-12,16H,10H2,1-3H3,(H,21,25)/t16-/m0/s1. The van der Waals surface area contributed by atoms with Crippen molar-refractivity contribution in [2.75, 3.05) is 26.9 Å². The van der Waals surface area contributed by atoms with Crippen LogP contribution in [0.4, 0.5) is 4.39 Å². The highest BCUT2D eigenvalue weighted by Crippen LogP contribution is 2.23. The van der Waals surface area contributed by atoms with Gasteiger partial charge in [-0.15, -0.1) is 0 Å². The van der Waals surface area contributed by atoms with Gasteiger partial charge in [0.25, 0.3) is 5.91 Å². The van der Waals surface area contributed by atoms with Crippen molar-refractivity contribution in [1.29, 1.82) is 0 Å². The number of likely N-dealkylation sites (N-methyl/N-ethyl adjacent to an activating group) is 1. The molecule has 0 aliphatic carbocycles. The summed E-state index contributed by atoms with van der Waals surface area (Å²) in [6.07, 6.45) is 3.45. The highest BCUT2D eigenvalue weighted by Gasteiger charge is 2.20. The number of carbonyl (C=O) groups is 1. The van der Waals surface area contributed by atoms with Crippen molar-refractivity contribution < 1.29 is 9.18 Å². The van der Waals surface area contributed by atoms with Crippen LogP contribution in [0.15, 0.2) is 52.4 Å². The lowest BCUT2D eigenvalue weighted by atomic mass is 10.1. The minimum absolute atomic E-state index is 0.0856. The van der Waals surface area contributed by atoms with Gasteiger partial charge >= 0.3 is 0 Å². The molecule has 3 rings (SSSR count). The summed E-state index contributed by atoms with van der Waals surface area (Å²) in [5.74, 6) is -0.533. The van der Waals surface area contributed by atoms with E-state index in [0.717, 1.165) is 0 Å². The van der Waals surface area contributed by atoms with E-state index in [9.17, 15) is 9.18 Å². The minimum atomic E-state index is -0.319. The Labute approximate surface area is 166 Å². The summed E-state index contributed by atoms with van der Waals surface area (Å²) >= 11 is 3.07. The summed E-state index contributed by atoms with van der Waals surface area (Å²) in [5, 5.41) is 7.80. The van der Waals surface area contributed by atoms with Gasteiger partial charge in [0.05, 0.1) is 12.2 Å². The molecule has 8 heteroatoms. The largest absolute Gasteiger partial charge is 0.349 e. The number of hydrogen-bond donors (Lipinski definition) is 1. The zero-order valence-electron chi connectivity index (χ0n) is 15.3. The first-order valence-electron chi connectivity index (χ1n) is 8.35. The van der Waals surface area contributed by atoms with Crippen LogP contribution in [0.5, 0.6) is 0 Å². The van der Waals surface area contributed by atoms with Crippen LogP contribution in [-0.2, 0) is 0 Å². The van der Waals surface area contributed by atoms with Crippen molar-refractivity contribution in [2.45, 2.75) is 11.2 Å². The van der Waals surface area contributed by atoms with Crippen LogP contribution >= 0.6 is 23.1 Å². The van der Waals surface area contributed by atoms with Gasteiger partial charge < -0.3 is 10.2 Å². The Morgan fingerprint density at radius 2 is 2.07 bits per heavy atom. The number of imidazole rings is 1. The summed E-state index contributed by atoms with van der Waals surface area (Å²) in [4.78, 5) is 19.3. The molecule has 142 valence electrons. The van der Waals surface area contributed by atoms with Gasteiger partial charge in [0.2, 0.25) is 0 Å². The van der Waals surface area contributed by atoms with Gasteiger partial charge in [-0.1, -0.05) is 11.8 Å². The Morgan fingerprint density at radius 3 is 2.67 bits per heavy atom. The van der Waals surface area contributed by atoms with E-state index in [2.05, 4.69) is 26.6 Å². The van der Waals surface area contributed by atoms with Gasteiger partial charge in [0.15, 0.2) is 5.16 Å². The molecule has 0 radical (unpaired) electrons. The summed E-state index contributed by atoms with van der Waals surface area (Å²) in [6, 6.07) is 8.18. The topological polar surface area (TPSA) is 50.2 Å². The monoisotopic (exact) mass is 404 g/mol. The fraction of sp³-hybridized carbons (Fsp3) is 0.263. The lowest BCUT2D eigenvalue weighted by molar-refractivity contribution is 0.0934. The lowest BCUT2D eigenvalue weighted by Crippen LogP contribution is -2.35. The van der Waals surface area contributed by atoms with E-state index in [-0.39, 0.29) is 17.8 Å². The van der Waals surface area contributed by atoms with E-state index in [4.69, 9.17) is 0 Å². The summed E-state index contributed by atoms with van der Waals surface area (Å²) < 4.78 is 15.0. The molecule has 0 fully saturated rings. The highest BCUT2D eigenvalue weighted by molar-refractivity contribution is 7.98. The first kappa shape index (κ1) is 19.6. The van der Waals surface area contributed by atoms with Gasteiger partial charge in [0, 0.05) is 12.2 Å². The molecule has 1 aromatic carbocycles. The number of carbonyl (C=O) groups excluding carboxylic acids is 1. The van der Waals surface area contributed by atoms with E-state index in [1.807, 2.05) is 25.7 Å². The number of amides is 1. The molecule has 0 saturated carbocycles. The average molecular weight is 405 g/mol. The zero-order valence-corrected chi connectivity index (χ0v) is 17.0. The number of thiophene rings is 1. The molecular formula is C19H21FN4OS2. The maximum Gasteiger partial charge on any atom is 0.270 e. The average Bonchev–Trinajstić information content (AvgIpc) is 3.31. The lowest BCUT2D eigenvalue weighted by Gasteiger charge is -2.24. The van der Waals surface area contributed by atoms with Crippen LogP contribution in [0, 0.1) is 5.82 Å². The van der Waals surface area contributed by atoms with Gasteiger partial charge in [-0.25, -0.2) is 9.37 Å². The molecule has 0 aliphatic rings. The van der Waals surface area contributed by atoms with Crippen molar-refractivity contribution in [1.82, 2.24) is 19.8 Å². The maximum absolute atomic E-state index is 13.3. The molecule has 0 spiro atoms. The van der Waals surface area contributed by atoms with Gasteiger partial charge in [-0.3, -0.25) is 9.36 Å². The number of benzene rings is 1. The van der Waals surface area contributed by atoms with E-state index in [1.54, 1.807) is 34.2 Å². The third-order valence-electron chi connectivity index (χ3n) is 4.24. The van der Waals surface area contributed by atoms with Crippen LogP contribution in [0.25, 0.3) is 5.69 Å². The molecule has 27 heavy (non-hydrogen) atoms. The van der Waals surface area contributed by atoms with Crippen molar-refractivity contribution >= 4 is 29.0 Å². The molecule has 0 aliphatic heterocycles. The Kier molecular flexibility index (Phi) is 6.30. The predicted octanol–water partition coefficient (Wildman–Crippen LogP) is 3.83. The Balaban J connectivity index is 1.83. The van der Waals surface area contributed by atoms with Gasteiger partial charge in [-0.2, -0.15) is 11.3 Å². The normalized spacial score (nSPS) is 12.3. The Bertz CT molecular complexity index is 891. The van der Waals surface area contributed by atoms with Crippen molar-refractivity contribution in [3.63, 3.8) is 0 Å². The molecule has 5 nitrogen and oxygen atoms in total. The molecule has 1 amide bonds. The number of nitrogens with one attached hydrogen (secondary N) is 1. The van der Waals surface area contributed by atoms with Gasteiger partial charge in [0.1, 0.15) is 11.5 Å². The van der Waals surface area contributed by atoms with E-state index in [0.29, 0.717) is 23.1 Å². The van der Waals surface area contributed by atoms with Crippen LogP contribution in [0.3, 0.4) is 0 Å². The van der Waals surface area contributed by atoms with Crippen LogP contribution < -0.4 is 5.32 Å². The van der Waals surface area contributed by atoms with Crippen LogP contribution in [0.2, 0.25) is 0 Å². The second-order valence-corrected chi connectivity index (χ2v) is 7.74. The maximum atomic E-state index is 13.3. The van der Waals surface area contributed by atoms with Crippen molar-refractivity contribution in [2.24, 2.45) is 0 Å². The molecular weight excluding hydrogens is 383 g/mol. The van der Waals surface area contributed by atoms with Crippen molar-refractivity contribution in [3.05, 3.63) is 64.4 Å². The fourth-order valence-electron chi connectivity index (χ4n) is 2.82. The summed E-state index contributed by atoms with van der Waals surface area (Å²) in [6.45, 7) is 0.478. The number of hydrogen-bond acceptors (Lipinski definition) is 5. The number of aromatic nitrogens is 2. The number of rotatable bonds is 7. The first-order chi connectivity index (χ1) is 13.0. The number of halogens is 1. The number of thioether (sulfide) groups is 1. The molecule has 3 aromatic rings. The predicted molar refractivity (Wildman–Crippen MR) is 108 cm³/mol. The van der Waals surface area contributed by atoms with Gasteiger partial charge in [-0.05, 0) is 67.0 Å². The molecule has 0 unspecified atom stereocenters. The van der Waals surface area contributed by atoms with E-state index >= 15 is 0 Å². The molecule has 0 saturated heterocycles. The SMILES string of the molecule is CSc1ncc(C(=O)NC[C@@H](c2ccsc2)N(C)C)n1-c1ccc(F)cc1. The van der Waals surface area contributed by atoms with Crippen molar-refractivity contribution in [3.8, 4) is 5.69 Å². The quantitative estimate of drug-likeness (QED) is 0.608. The van der Waals surface area contributed by atoms with Crippen LogP contribution in [-0.4, -0.2) is 47.3 Å².